The van der Waals surface area contributed by atoms with Crippen molar-refractivity contribution in [2.75, 3.05) is 0 Å². The first-order valence-corrected chi connectivity index (χ1v) is 3.05. The summed E-state index contributed by atoms with van der Waals surface area (Å²) in [4.78, 5) is 0. The highest BCUT2D eigenvalue weighted by Crippen LogP contribution is 2.22. The third kappa shape index (κ3) is 1.36. The fourth-order valence-electron chi connectivity index (χ4n) is 0.620. The van der Waals surface area contributed by atoms with Crippen molar-refractivity contribution in [1.29, 1.82) is 0 Å². The van der Waals surface area contributed by atoms with Gasteiger partial charge in [0.2, 0.25) is 0 Å². The van der Waals surface area contributed by atoms with Crippen molar-refractivity contribution in [2.45, 2.75) is 6.92 Å². The molecule has 0 aromatic heterocycles. The maximum atomic E-state index is 7.18. The molecule has 2 N–H and O–H groups in total. The van der Waals surface area contributed by atoms with Gasteiger partial charge in [0.25, 0.3) is 5.75 Å². The van der Waals surface area contributed by atoms with Crippen LogP contribution in [0.15, 0.2) is 18.2 Å². The fraction of sp³-hybridized carbons (Fsp3) is 0.143. The third-order valence-corrected chi connectivity index (χ3v) is 1.44. The minimum Gasteiger partial charge on any atom is -0.592 e. The van der Waals surface area contributed by atoms with Crippen molar-refractivity contribution in [1.82, 2.24) is 0 Å². The van der Waals surface area contributed by atoms with Gasteiger partial charge in [0.15, 0.2) is 0 Å². The smallest absolute Gasteiger partial charge is 0.272 e. The Kier molecular flexibility index (Phi) is 1.63. The van der Waals surface area contributed by atoms with E-state index < -0.39 is 0 Å². The predicted octanol–water partition coefficient (Wildman–Crippen LogP) is 2.09. The van der Waals surface area contributed by atoms with Gasteiger partial charge < -0.3 is 5.11 Å². The Morgan fingerprint density at radius 2 is 2.11 bits per heavy atom. The van der Waals surface area contributed by atoms with Crippen LogP contribution < -0.4 is 0 Å². The molecule has 0 saturated carbocycles. The first-order chi connectivity index (χ1) is 4.20. The molecule has 9 heavy (non-hydrogen) atoms. The van der Waals surface area contributed by atoms with Crippen LogP contribution >= 0.6 is 11.6 Å². The van der Waals surface area contributed by atoms with Crippen molar-refractivity contribution in [3.63, 3.8) is 0 Å². The Labute approximate surface area is 58.9 Å². The quantitative estimate of drug-likeness (QED) is 0.497. The Morgan fingerprint density at radius 3 is 2.56 bits per heavy atom. The molecule has 0 aliphatic heterocycles. The zero-order valence-electron chi connectivity index (χ0n) is 5.11. The van der Waals surface area contributed by atoms with E-state index in [2.05, 4.69) is 0 Å². The highest BCUT2D eigenvalue weighted by Gasteiger charge is 1.99. The normalized spacial score (nSPS) is 9.56. The minimum atomic E-state index is 0.391. The first-order valence-electron chi connectivity index (χ1n) is 2.68. The molecular weight excluding hydrogens is 136 g/mol. The number of rotatable bonds is 0. The summed E-state index contributed by atoms with van der Waals surface area (Å²) in [7, 11) is 0. The van der Waals surface area contributed by atoms with Gasteiger partial charge in [-0.15, -0.1) is 0 Å². The van der Waals surface area contributed by atoms with Gasteiger partial charge in [0.05, 0.1) is 0 Å². The zero-order chi connectivity index (χ0) is 6.85. The van der Waals surface area contributed by atoms with Gasteiger partial charge in [-0.25, -0.2) is 0 Å². The van der Waals surface area contributed by atoms with Crippen molar-refractivity contribution in [2.24, 2.45) is 0 Å². The lowest BCUT2D eigenvalue weighted by atomic mass is 10.2. The molecule has 0 saturated heterocycles. The molecule has 0 bridgehead atoms. The van der Waals surface area contributed by atoms with E-state index in [1.807, 2.05) is 13.0 Å². The lowest BCUT2D eigenvalue weighted by Crippen LogP contribution is -1.70. The molecule has 2 heteroatoms. The molecule has 1 aromatic rings. The van der Waals surface area contributed by atoms with E-state index in [4.69, 9.17) is 16.7 Å². The van der Waals surface area contributed by atoms with Crippen LogP contribution in [0.3, 0.4) is 0 Å². The molecule has 0 atom stereocenters. The molecule has 0 unspecified atom stereocenters. The summed E-state index contributed by atoms with van der Waals surface area (Å²) in [6, 6.07) is 5.34. The van der Waals surface area contributed by atoms with Gasteiger partial charge in [0, 0.05) is 6.07 Å². The van der Waals surface area contributed by atoms with Crippen LogP contribution in [0.25, 0.3) is 0 Å². The second-order valence-electron chi connectivity index (χ2n) is 1.98. The van der Waals surface area contributed by atoms with Crippen molar-refractivity contribution in [3.05, 3.63) is 28.8 Å². The van der Waals surface area contributed by atoms with Crippen LogP contribution in [-0.4, -0.2) is 5.11 Å². The van der Waals surface area contributed by atoms with Gasteiger partial charge in [-0.2, -0.15) is 0 Å². The van der Waals surface area contributed by atoms with Gasteiger partial charge >= 0.3 is 0 Å². The Morgan fingerprint density at radius 1 is 1.44 bits per heavy atom. The molecule has 0 heterocycles. The van der Waals surface area contributed by atoms with Gasteiger partial charge in [0.1, 0.15) is 5.02 Å². The average Bonchev–Trinajstić information content (AvgIpc) is 1.80. The van der Waals surface area contributed by atoms with Gasteiger partial charge in [-0.05, 0) is 18.6 Å². The summed E-state index contributed by atoms with van der Waals surface area (Å²) in [5.41, 5.74) is 1.09. The summed E-state index contributed by atoms with van der Waals surface area (Å²) in [6.45, 7) is 1.95. The summed E-state index contributed by atoms with van der Waals surface area (Å²) in [5.74, 6) is 0.391. The maximum Gasteiger partial charge on any atom is 0.272 e. The third-order valence-electron chi connectivity index (χ3n) is 1.12. The van der Waals surface area contributed by atoms with Crippen LogP contribution in [0.5, 0.6) is 5.75 Å². The van der Waals surface area contributed by atoms with E-state index in [0.29, 0.717) is 10.8 Å². The second kappa shape index (κ2) is 2.28. The van der Waals surface area contributed by atoms with E-state index in [1.165, 1.54) is 0 Å². The average molecular weight is 144 g/mol. The van der Waals surface area contributed by atoms with E-state index in [1.54, 1.807) is 12.1 Å². The molecule has 0 fully saturated rings. The largest absolute Gasteiger partial charge is 0.592 e. The van der Waals surface area contributed by atoms with E-state index >= 15 is 0 Å². The standard InChI is InChI=1S/C7H7ClO/c1-5-2-3-7(9)6(8)4-5/h2-4,9H,1H3/p+1. The van der Waals surface area contributed by atoms with Crippen LogP contribution in [0, 0.1) is 6.92 Å². The molecular formula is C7H8ClO+. The molecule has 0 radical (unpaired) electrons. The topological polar surface area (TPSA) is 22.9 Å². The lowest BCUT2D eigenvalue weighted by molar-refractivity contribution is 0.475. The van der Waals surface area contributed by atoms with E-state index in [9.17, 15) is 0 Å². The highest BCUT2D eigenvalue weighted by atomic mass is 35.5. The van der Waals surface area contributed by atoms with Crippen LogP contribution in [0.4, 0.5) is 0 Å². The molecule has 1 aromatic carbocycles. The predicted molar refractivity (Wildman–Crippen MR) is 39.2 cm³/mol. The molecule has 0 spiro atoms. The summed E-state index contributed by atoms with van der Waals surface area (Å²) < 4.78 is 0. The number of hydrogen-bond donors (Lipinski definition) is 0. The number of hydrogen-bond acceptors (Lipinski definition) is 0. The van der Waals surface area contributed by atoms with Crippen LogP contribution in [-0.2, 0) is 0 Å². The summed E-state index contributed by atoms with van der Waals surface area (Å²) in [6.07, 6.45) is 0. The van der Waals surface area contributed by atoms with E-state index in [-0.39, 0.29) is 0 Å². The van der Waals surface area contributed by atoms with Crippen molar-refractivity contribution >= 4 is 11.6 Å². The lowest BCUT2D eigenvalue weighted by Gasteiger charge is -1.91. The van der Waals surface area contributed by atoms with Gasteiger partial charge in [-0.3, -0.25) is 0 Å². The van der Waals surface area contributed by atoms with Crippen molar-refractivity contribution in [3.8, 4) is 5.75 Å². The SMILES string of the molecule is Cc1ccc([OH2+])c(Cl)c1. The molecule has 48 valence electrons. The Hall–Kier alpha value is -0.690. The Balaban J connectivity index is 3.17. The summed E-state index contributed by atoms with van der Waals surface area (Å²) in [5, 5.41) is 7.71. The molecule has 0 aliphatic carbocycles. The Bertz CT molecular complexity index is 220. The molecule has 0 amide bonds. The molecule has 1 nitrogen and oxygen atoms in total. The minimum absolute atomic E-state index is 0.391. The first kappa shape index (κ1) is 6.43. The summed E-state index contributed by atoms with van der Waals surface area (Å²) >= 11 is 5.63. The highest BCUT2D eigenvalue weighted by molar-refractivity contribution is 6.32. The zero-order valence-corrected chi connectivity index (χ0v) is 5.87. The second-order valence-corrected chi connectivity index (χ2v) is 2.39. The maximum absolute atomic E-state index is 7.18. The number of benzene rings is 1. The van der Waals surface area contributed by atoms with E-state index in [0.717, 1.165) is 5.56 Å². The number of halogens is 1. The fourth-order valence-corrected chi connectivity index (χ4v) is 0.855. The molecule has 1 rings (SSSR count). The van der Waals surface area contributed by atoms with Gasteiger partial charge in [-0.1, -0.05) is 17.7 Å². The molecule has 0 aliphatic rings. The number of aryl methyl sites for hydroxylation is 1. The van der Waals surface area contributed by atoms with Crippen molar-refractivity contribution < 1.29 is 5.11 Å². The van der Waals surface area contributed by atoms with Crippen LogP contribution in [0.1, 0.15) is 5.56 Å². The van der Waals surface area contributed by atoms with Crippen LogP contribution in [0.2, 0.25) is 5.02 Å². The monoisotopic (exact) mass is 143 g/mol.